The van der Waals surface area contributed by atoms with E-state index in [9.17, 15) is 35.1 Å². The number of hydrogen-bond donors (Lipinski definition) is 3. The molecule has 0 spiro atoms. The zero-order valence-electron chi connectivity index (χ0n) is 22.4. The number of rotatable bonds is 3. The Morgan fingerprint density at radius 3 is 1.61 bits per heavy atom. The van der Waals surface area contributed by atoms with Gasteiger partial charge in [0.1, 0.15) is 16.4 Å². The minimum absolute atomic E-state index is 0.0929. The van der Waals surface area contributed by atoms with Crippen LogP contribution < -0.4 is 16.1 Å². The van der Waals surface area contributed by atoms with Gasteiger partial charge in [0.15, 0.2) is 5.82 Å². The van der Waals surface area contributed by atoms with Crippen molar-refractivity contribution in [1.82, 2.24) is 0 Å². The largest absolute Gasteiger partial charge is 0.569 e. The van der Waals surface area contributed by atoms with Crippen LogP contribution in [0.2, 0.25) is 0 Å². The van der Waals surface area contributed by atoms with Crippen molar-refractivity contribution < 1.29 is 44.8 Å². The molecule has 0 fully saturated rings. The molecule has 5 N–H and O–H groups in total. The van der Waals surface area contributed by atoms with Crippen molar-refractivity contribution in [2.24, 2.45) is 0 Å². The lowest BCUT2D eigenvalue weighted by Crippen LogP contribution is -2.07. The van der Waals surface area contributed by atoms with Crippen molar-refractivity contribution in [3.05, 3.63) is 112 Å². The van der Waals surface area contributed by atoms with Crippen LogP contribution in [0.5, 0.6) is 5.75 Å². The lowest BCUT2D eigenvalue weighted by molar-refractivity contribution is -0.138. The van der Waals surface area contributed by atoms with E-state index < -0.39 is 40.9 Å². The van der Waals surface area contributed by atoms with Crippen LogP contribution in [-0.4, -0.2) is 17.5 Å². The molecule has 0 aliphatic heterocycles. The molecule has 0 saturated heterocycles. The molecule has 16 heteroatoms. The van der Waals surface area contributed by atoms with E-state index in [4.69, 9.17) is 39.7 Å². The lowest BCUT2D eigenvalue weighted by atomic mass is 10.0. The van der Waals surface area contributed by atoms with E-state index in [1.54, 1.807) is 25.1 Å². The Hall–Kier alpha value is -3.20. The van der Waals surface area contributed by atoms with Crippen molar-refractivity contribution in [3.8, 4) is 16.9 Å². The smallest absolute Gasteiger partial charge is 0.535 e. The van der Waals surface area contributed by atoms with E-state index in [-0.39, 0.29) is 18.1 Å². The minimum Gasteiger partial charge on any atom is -0.535 e. The lowest BCUT2D eigenvalue weighted by Gasteiger charge is -2.09. The zero-order valence-corrected chi connectivity index (χ0v) is 25.5. The number of hydrogen-bond acceptors (Lipinski definition) is 4. The predicted molar refractivity (Wildman–Crippen MR) is 161 cm³/mol. The SMILES string of the molecule is CC(Cl)Cl.Nc1cccc(-c2ccc(C(F)(F)F)cc2F)c1.Nc1cccc(Br)c1.O[B]Oc1ccc(C(F)(F)F)cc1F. The summed E-state index contributed by atoms with van der Waals surface area (Å²) in [4.78, 5) is -0.222. The first-order valence-corrected chi connectivity index (χ1v) is 13.5. The number of alkyl halides is 8. The van der Waals surface area contributed by atoms with Gasteiger partial charge in [0.25, 0.3) is 0 Å². The average Bonchev–Trinajstić information content (AvgIpc) is 2.89. The van der Waals surface area contributed by atoms with Crippen LogP contribution in [0.3, 0.4) is 0 Å². The quantitative estimate of drug-likeness (QED) is 0.0849. The third kappa shape index (κ3) is 14.5. The van der Waals surface area contributed by atoms with Crippen LogP contribution in [0.4, 0.5) is 46.5 Å². The average molecular weight is 733 g/mol. The molecule has 4 aromatic rings. The molecule has 4 rings (SSSR count). The van der Waals surface area contributed by atoms with E-state index in [1.165, 1.54) is 6.07 Å². The molecule has 0 bridgehead atoms. The maximum atomic E-state index is 13.7. The maximum Gasteiger partial charge on any atom is 0.569 e. The summed E-state index contributed by atoms with van der Waals surface area (Å²) in [7, 11) is 0.186. The van der Waals surface area contributed by atoms with E-state index in [0.29, 0.717) is 29.4 Å². The maximum absolute atomic E-state index is 13.7. The highest BCUT2D eigenvalue weighted by Crippen LogP contribution is 2.33. The van der Waals surface area contributed by atoms with Gasteiger partial charge in [-0.15, -0.1) is 23.2 Å². The van der Waals surface area contributed by atoms with Crippen molar-refractivity contribution in [3.63, 3.8) is 0 Å². The van der Waals surface area contributed by atoms with E-state index in [2.05, 4.69) is 20.6 Å². The summed E-state index contributed by atoms with van der Waals surface area (Å²) in [6, 6.07) is 18.0. The second kappa shape index (κ2) is 17.9. The van der Waals surface area contributed by atoms with Gasteiger partial charge in [-0.05, 0) is 73.2 Å². The summed E-state index contributed by atoms with van der Waals surface area (Å²) < 4.78 is 105. The van der Waals surface area contributed by atoms with Crippen LogP contribution in [0.1, 0.15) is 18.1 Å². The van der Waals surface area contributed by atoms with Crippen LogP contribution in [-0.2, 0) is 12.4 Å². The molecule has 44 heavy (non-hydrogen) atoms. The topological polar surface area (TPSA) is 81.5 Å². The normalized spacial score (nSPS) is 10.8. The Morgan fingerprint density at radius 1 is 0.750 bits per heavy atom. The van der Waals surface area contributed by atoms with Gasteiger partial charge in [0, 0.05) is 21.4 Å². The molecule has 0 saturated carbocycles. The number of anilines is 2. The zero-order chi connectivity index (χ0) is 33.7. The van der Waals surface area contributed by atoms with Crippen molar-refractivity contribution in [2.75, 3.05) is 11.5 Å². The molecule has 0 unspecified atom stereocenters. The highest BCUT2D eigenvalue weighted by atomic mass is 79.9. The van der Waals surface area contributed by atoms with Crippen LogP contribution in [0.25, 0.3) is 11.1 Å². The van der Waals surface area contributed by atoms with Crippen molar-refractivity contribution in [2.45, 2.75) is 24.1 Å². The van der Waals surface area contributed by atoms with Crippen LogP contribution in [0, 0.1) is 11.6 Å². The number of nitrogens with two attached hydrogens (primary N) is 2. The highest BCUT2D eigenvalue weighted by Gasteiger charge is 2.32. The molecule has 0 aromatic heterocycles. The number of benzene rings is 4. The fourth-order valence-electron chi connectivity index (χ4n) is 2.97. The van der Waals surface area contributed by atoms with E-state index in [0.717, 1.165) is 28.4 Å². The Kier molecular flexibility index (Phi) is 15.8. The molecule has 4 nitrogen and oxygen atoms in total. The van der Waals surface area contributed by atoms with E-state index >= 15 is 0 Å². The van der Waals surface area contributed by atoms with E-state index in [1.807, 2.05) is 24.3 Å². The highest BCUT2D eigenvalue weighted by molar-refractivity contribution is 9.10. The molecule has 4 aromatic carbocycles. The molecule has 0 atom stereocenters. The Labute approximate surface area is 267 Å². The Balaban J connectivity index is 0.000000329. The second-order valence-corrected chi connectivity index (χ2v) is 10.7. The Morgan fingerprint density at radius 2 is 1.23 bits per heavy atom. The molecule has 0 aliphatic rings. The van der Waals surface area contributed by atoms with Gasteiger partial charge >= 0.3 is 20.0 Å². The first-order chi connectivity index (χ1) is 20.3. The summed E-state index contributed by atoms with van der Waals surface area (Å²) in [6.45, 7) is 1.70. The summed E-state index contributed by atoms with van der Waals surface area (Å²) in [5.41, 5.74) is 10.6. The monoisotopic (exact) mass is 731 g/mol. The summed E-state index contributed by atoms with van der Waals surface area (Å²) >= 11 is 13.4. The van der Waals surface area contributed by atoms with Crippen molar-refractivity contribution in [1.29, 1.82) is 0 Å². The first-order valence-electron chi connectivity index (χ1n) is 11.9. The fraction of sp³-hybridized carbons (Fsp3) is 0.143. The first kappa shape index (κ1) is 38.8. The predicted octanol–water partition coefficient (Wildman–Crippen LogP) is 9.68. The molecule has 0 aliphatic carbocycles. The van der Waals surface area contributed by atoms with Gasteiger partial charge < -0.3 is 21.1 Å². The third-order valence-corrected chi connectivity index (χ3v) is 5.27. The third-order valence-electron chi connectivity index (χ3n) is 4.78. The fourth-order valence-corrected chi connectivity index (χ4v) is 3.38. The van der Waals surface area contributed by atoms with Gasteiger partial charge in [0.2, 0.25) is 0 Å². The van der Waals surface area contributed by atoms with Crippen LogP contribution in [0.15, 0.2) is 89.4 Å². The molecule has 1 radical (unpaired) electrons. The summed E-state index contributed by atoms with van der Waals surface area (Å²) in [5, 5.41) is 8.14. The van der Waals surface area contributed by atoms with Crippen molar-refractivity contribution >= 4 is 58.2 Å². The van der Waals surface area contributed by atoms with Gasteiger partial charge in [-0.3, -0.25) is 0 Å². The summed E-state index contributed by atoms with van der Waals surface area (Å²) in [5.74, 6) is -2.58. The Bertz CT molecular complexity index is 1460. The van der Waals surface area contributed by atoms with Gasteiger partial charge in [-0.1, -0.05) is 40.2 Å². The molecular weight excluding hydrogens is 710 g/mol. The number of nitrogen functional groups attached to an aromatic ring is 2. The van der Waals surface area contributed by atoms with Gasteiger partial charge in [0.05, 0.1) is 11.1 Å². The number of halogens is 11. The second-order valence-electron chi connectivity index (χ2n) is 8.26. The van der Waals surface area contributed by atoms with Gasteiger partial charge in [-0.25, -0.2) is 8.78 Å². The molecular formula is C28H23BBrCl2F8N2O2. The summed E-state index contributed by atoms with van der Waals surface area (Å²) in [6.07, 6.45) is -9.14. The molecule has 0 heterocycles. The minimum atomic E-state index is -4.59. The standard InChI is InChI=1S/C13H9F4N.C7H4BF4O2.C6H6BrN.C2H4Cl2/c14-12-7-9(13(15,16)17)4-5-11(12)8-2-1-3-10(18)6-8;9-5-3-4(7(10,11)12)1-2-6(5)14-8-13;7-5-2-1-3-6(8)4-5;1-2(3)4/h1-7H,18H2;1-3,13H;1-4H,8H2;2H,1H3. The van der Waals surface area contributed by atoms with Crippen LogP contribution >= 0.6 is 39.1 Å². The van der Waals surface area contributed by atoms with Gasteiger partial charge in [-0.2, -0.15) is 26.3 Å². The molecule has 237 valence electrons. The molecule has 0 amide bonds.